The van der Waals surface area contributed by atoms with Crippen molar-refractivity contribution in [1.82, 2.24) is 0 Å². The average Bonchev–Trinajstić information content (AvgIpc) is 2.18. The van der Waals surface area contributed by atoms with Crippen LogP contribution in [0.1, 0.15) is 31.4 Å². The molecule has 0 spiro atoms. The molecule has 1 rings (SSSR count). The number of hydrogen-bond acceptors (Lipinski definition) is 2. The highest BCUT2D eigenvalue weighted by Gasteiger charge is 1.99. The molecule has 15 heavy (non-hydrogen) atoms. The van der Waals surface area contributed by atoms with E-state index in [-0.39, 0.29) is 0 Å². The van der Waals surface area contributed by atoms with Gasteiger partial charge in [-0.25, -0.2) is 0 Å². The number of hydrogen-bond donors (Lipinski definition) is 1. The second kappa shape index (κ2) is 6.06. The lowest BCUT2D eigenvalue weighted by molar-refractivity contribution is 0.471. The van der Waals surface area contributed by atoms with Crippen molar-refractivity contribution in [2.45, 2.75) is 32.9 Å². The number of aromatic hydroxyl groups is 1. The molecule has 1 nitrogen and oxygen atoms in total. The predicted octanol–water partition coefficient (Wildman–Crippen LogP) is 3.98. The first-order valence-corrected chi connectivity index (χ1v) is 6.61. The molecule has 0 aliphatic rings. The Kier molecular flexibility index (Phi) is 5.03. The highest BCUT2D eigenvalue weighted by molar-refractivity contribution is 7.98. The monoisotopic (exact) mass is 224 g/mol. The van der Waals surface area contributed by atoms with E-state index in [0.717, 1.165) is 17.2 Å². The van der Waals surface area contributed by atoms with Crippen molar-refractivity contribution < 1.29 is 5.11 Å². The molecule has 0 fully saturated rings. The van der Waals surface area contributed by atoms with Crippen molar-refractivity contribution in [2.24, 2.45) is 5.92 Å². The SMILES string of the molecule is Cc1cc(CSCCC(C)C)ccc1O. The number of phenolic OH excluding ortho intramolecular Hbond substituents is 1. The van der Waals surface area contributed by atoms with E-state index in [1.54, 1.807) is 6.07 Å². The molecule has 2 heteroatoms. The molecule has 0 unspecified atom stereocenters. The first kappa shape index (κ1) is 12.4. The summed E-state index contributed by atoms with van der Waals surface area (Å²) >= 11 is 1.97. The summed E-state index contributed by atoms with van der Waals surface area (Å²) in [5.41, 5.74) is 2.27. The average molecular weight is 224 g/mol. The second-order valence-corrected chi connectivity index (χ2v) is 5.46. The van der Waals surface area contributed by atoms with E-state index >= 15 is 0 Å². The zero-order valence-electron chi connectivity index (χ0n) is 9.79. The fourth-order valence-electron chi connectivity index (χ4n) is 1.32. The smallest absolute Gasteiger partial charge is 0.118 e. The van der Waals surface area contributed by atoms with Crippen LogP contribution in [0.3, 0.4) is 0 Å². The summed E-state index contributed by atoms with van der Waals surface area (Å²) in [6.45, 7) is 6.45. The normalized spacial score (nSPS) is 10.9. The van der Waals surface area contributed by atoms with Gasteiger partial charge in [0.15, 0.2) is 0 Å². The van der Waals surface area contributed by atoms with Gasteiger partial charge in [0.1, 0.15) is 5.75 Å². The van der Waals surface area contributed by atoms with E-state index in [1.165, 1.54) is 17.7 Å². The first-order valence-electron chi connectivity index (χ1n) is 5.46. The Morgan fingerprint density at radius 1 is 1.33 bits per heavy atom. The van der Waals surface area contributed by atoms with Gasteiger partial charge < -0.3 is 5.11 Å². The molecule has 1 aromatic rings. The fourth-order valence-corrected chi connectivity index (χ4v) is 2.51. The van der Waals surface area contributed by atoms with E-state index in [4.69, 9.17) is 0 Å². The molecular weight excluding hydrogens is 204 g/mol. The Morgan fingerprint density at radius 3 is 2.67 bits per heavy atom. The van der Waals surface area contributed by atoms with Crippen molar-refractivity contribution in [3.63, 3.8) is 0 Å². The van der Waals surface area contributed by atoms with Gasteiger partial charge in [0.25, 0.3) is 0 Å². The maximum Gasteiger partial charge on any atom is 0.118 e. The lowest BCUT2D eigenvalue weighted by Crippen LogP contribution is -1.90. The van der Waals surface area contributed by atoms with Crippen LogP contribution in [0.2, 0.25) is 0 Å². The molecule has 0 atom stereocenters. The summed E-state index contributed by atoms with van der Waals surface area (Å²) in [5.74, 6) is 3.45. The lowest BCUT2D eigenvalue weighted by atomic mass is 10.1. The molecule has 0 amide bonds. The number of benzene rings is 1. The Balaban J connectivity index is 2.35. The van der Waals surface area contributed by atoms with Crippen LogP contribution >= 0.6 is 11.8 Å². The van der Waals surface area contributed by atoms with Gasteiger partial charge in [-0.05, 0) is 42.2 Å². The molecule has 1 N–H and O–H groups in total. The number of rotatable bonds is 5. The van der Waals surface area contributed by atoms with Crippen LogP contribution in [0.4, 0.5) is 0 Å². The van der Waals surface area contributed by atoms with E-state index in [2.05, 4.69) is 19.9 Å². The Labute approximate surface area is 96.9 Å². The van der Waals surface area contributed by atoms with Gasteiger partial charge in [0.05, 0.1) is 0 Å². The summed E-state index contributed by atoms with van der Waals surface area (Å²) in [7, 11) is 0. The quantitative estimate of drug-likeness (QED) is 0.763. The highest BCUT2D eigenvalue weighted by Crippen LogP contribution is 2.21. The van der Waals surface area contributed by atoms with Crippen LogP contribution < -0.4 is 0 Å². The molecule has 0 heterocycles. The molecule has 0 radical (unpaired) electrons. The standard InChI is InChI=1S/C13H20OS/c1-10(2)6-7-15-9-12-4-5-13(14)11(3)8-12/h4-5,8,10,14H,6-7,9H2,1-3H3. The molecule has 84 valence electrons. The number of aryl methyl sites for hydroxylation is 1. The van der Waals surface area contributed by atoms with Crippen molar-refractivity contribution >= 4 is 11.8 Å². The van der Waals surface area contributed by atoms with Gasteiger partial charge in [0, 0.05) is 5.75 Å². The zero-order valence-corrected chi connectivity index (χ0v) is 10.6. The molecule has 0 saturated heterocycles. The molecule has 0 bridgehead atoms. The van der Waals surface area contributed by atoms with Crippen LogP contribution in [0, 0.1) is 12.8 Å². The molecule has 0 aliphatic carbocycles. The molecule has 0 saturated carbocycles. The molecule has 0 aromatic heterocycles. The first-order chi connectivity index (χ1) is 7.09. The second-order valence-electron chi connectivity index (χ2n) is 4.36. The zero-order chi connectivity index (χ0) is 11.3. The summed E-state index contributed by atoms with van der Waals surface area (Å²) in [4.78, 5) is 0. The van der Waals surface area contributed by atoms with E-state index in [1.807, 2.05) is 24.8 Å². The van der Waals surface area contributed by atoms with Crippen LogP contribution in [0.15, 0.2) is 18.2 Å². The van der Waals surface area contributed by atoms with Gasteiger partial charge in [-0.3, -0.25) is 0 Å². The van der Waals surface area contributed by atoms with Gasteiger partial charge in [-0.1, -0.05) is 26.0 Å². The third-order valence-electron chi connectivity index (χ3n) is 2.37. The van der Waals surface area contributed by atoms with Crippen LogP contribution in [-0.4, -0.2) is 10.9 Å². The molecular formula is C13H20OS. The largest absolute Gasteiger partial charge is 0.508 e. The van der Waals surface area contributed by atoms with E-state index < -0.39 is 0 Å². The van der Waals surface area contributed by atoms with Crippen molar-refractivity contribution in [2.75, 3.05) is 5.75 Å². The summed E-state index contributed by atoms with van der Waals surface area (Å²) in [6.07, 6.45) is 1.28. The summed E-state index contributed by atoms with van der Waals surface area (Å²) in [5, 5.41) is 9.38. The van der Waals surface area contributed by atoms with E-state index in [0.29, 0.717) is 5.75 Å². The fraction of sp³-hybridized carbons (Fsp3) is 0.538. The predicted molar refractivity (Wildman–Crippen MR) is 68.5 cm³/mol. The third kappa shape index (κ3) is 4.61. The number of thioether (sulfide) groups is 1. The van der Waals surface area contributed by atoms with Crippen molar-refractivity contribution in [3.8, 4) is 5.75 Å². The minimum atomic E-state index is 0.394. The molecule has 1 aromatic carbocycles. The third-order valence-corrected chi connectivity index (χ3v) is 3.43. The lowest BCUT2D eigenvalue weighted by Gasteiger charge is -2.06. The highest BCUT2D eigenvalue weighted by atomic mass is 32.2. The van der Waals surface area contributed by atoms with Crippen molar-refractivity contribution in [1.29, 1.82) is 0 Å². The van der Waals surface area contributed by atoms with Gasteiger partial charge >= 0.3 is 0 Å². The van der Waals surface area contributed by atoms with Crippen LogP contribution in [0.5, 0.6) is 5.75 Å². The Hall–Kier alpha value is -0.630. The van der Waals surface area contributed by atoms with Crippen LogP contribution in [-0.2, 0) is 5.75 Å². The summed E-state index contributed by atoms with van der Waals surface area (Å²) < 4.78 is 0. The molecule has 0 aliphatic heterocycles. The summed E-state index contributed by atoms with van der Waals surface area (Å²) in [6, 6.07) is 5.86. The van der Waals surface area contributed by atoms with Gasteiger partial charge in [0.2, 0.25) is 0 Å². The van der Waals surface area contributed by atoms with Gasteiger partial charge in [-0.15, -0.1) is 0 Å². The van der Waals surface area contributed by atoms with Gasteiger partial charge in [-0.2, -0.15) is 11.8 Å². The Bertz CT molecular complexity index is 307. The Morgan fingerprint density at radius 2 is 2.07 bits per heavy atom. The maximum atomic E-state index is 9.38. The topological polar surface area (TPSA) is 20.2 Å². The minimum Gasteiger partial charge on any atom is -0.508 e. The van der Waals surface area contributed by atoms with Crippen molar-refractivity contribution in [3.05, 3.63) is 29.3 Å². The maximum absolute atomic E-state index is 9.38. The number of phenols is 1. The minimum absolute atomic E-state index is 0.394. The van der Waals surface area contributed by atoms with E-state index in [9.17, 15) is 5.11 Å². The van der Waals surface area contributed by atoms with Crippen LogP contribution in [0.25, 0.3) is 0 Å².